The molecule has 0 saturated heterocycles. The van der Waals surface area contributed by atoms with Gasteiger partial charge in [-0.25, -0.2) is 4.39 Å². The largest absolute Gasteiger partial charge is 0.207 e. The van der Waals surface area contributed by atoms with Crippen molar-refractivity contribution in [1.82, 2.24) is 0 Å². The monoisotopic (exact) mass is 412 g/mol. The third-order valence-corrected chi connectivity index (χ3v) is 5.16. The van der Waals surface area contributed by atoms with E-state index in [1.807, 2.05) is 6.07 Å². The molecule has 1 heteroatoms. The van der Waals surface area contributed by atoms with Crippen LogP contribution in [0.3, 0.4) is 0 Å². The predicted molar refractivity (Wildman–Crippen MR) is 135 cm³/mol. The lowest BCUT2D eigenvalue weighted by molar-refractivity contribution is 0.509. The normalized spacial score (nSPS) is 12.0. The van der Waals surface area contributed by atoms with Crippen molar-refractivity contribution in [1.29, 1.82) is 0 Å². The molecule has 0 aliphatic rings. The van der Waals surface area contributed by atoms with Crippen LogP contribution in [0.2, 0.25) is 0 Å². The topological polar surface area (TPSA) is 0 Å². The Morgan fingerprint density at radius 2 is 1.53 bits per heavy atom. The average molecular weight is 413 g/mol. The van der Waals surface area contributed by atoms with Gasteiger partial charge in [0.25, 0.3) is 0 Å². The Labute approximate surface area is 186 Å². The van der Waals surface area contributed by atoms with Gasteiger partial charge < -0.3 is 0 Å². The van der Waals surface area contributed by atoms with Gasteiger partial charge in [0.2, 0.25) is 0 Å². The van der Waals surface area contributed by atoms with Gasteiger partial charge in [0.05, 0.1) is 0 Å². The van der Waals surface area contributed by atoms with Crippen molar-refractivity contribution in [2.45, 2.75) is 93.9 Å². The summed E-state index contributed by atoms with van der Waals surface area (Å²) in [5.74, 6) is 0.771. The number of hydrogen-bond donors (Lipinski definition) is 0. The van der Waals surface area contributed by atoms with Crippen LogP contribution in [-0.4, -0.2) is 0 Å². The summed E-state index contributed by atoms with van der Waals surface area (Å²) in [7, 11) is 0. The third kappa shape index (κ3) is 10.8. The van der Waals surface area contributed by atoms with Gasteiger partial charge in [-0.3, -0.25) is 0 Å². The van der Waals surface area contributed by atoms with E-state index in [0.29, 0.717) is 0 Å². The molecule has 1 unspecified atom stereocenters. The molecule has 0 spiro atoms. The maximum atomic E-state index is 13.4. The minimum absolute atomic E-state index is 0.178. The van der Waals surface area contributed by atoms with Crippen LogP contribution < -0.4 is 0 Å². The van der Waals surface area contributed by atoms with E-state index in [1.165, 1.54) is 54.0 Å². The molecule has 0 aliphatic heterocycles. The van der Waals surface area contributed by atoms with Crippen molar-refractivity contribution < 1.29 is 4.39 Å². The highest BCUT2D eigenvalue weighted by molar-refractivity contribution is 5.90. The highest BCUT2D eigenvalue weighted by Crippen LogP contribution is 2.31. The fourth-order valence-corrected chi connectivity index (χ4v) is 3.28. The quantitative estimate of drug-likeness (QED) is 0.397. The van der Waals surface area contributed by atoms with Crippen LogP contribution in [0.5, 0.6) is 0 Å². The van der Waals surface area contributed by atoms with E-state index in [-0.39, 0.29) is 5.82 Å². The average Bonchev–Trinajstić information content (AvgIpc) is 2.73. The van der Waals surface area contributed by atoms with E-state index in [2.05, 4.69) is 79.7 Å². The minimum Gasteiger partial charge on any atom is -0.207 e. The van der Waals surface area contributed by atoms with Crippen LogP contribution in [0.4, 0.5) is 4.39 Å². The summed E-state index contributed by atoms with van der Waals surface area (Å²) >= 11 is 0. The zero-order chi connectivity index (χ0) is 22.9. The molecule has 0 fully saturated rings. The molecule has 0 heterocycles. The van der Waals surface area contributed by atoms with Crippen molar-refractivity contribution in [2.75, 3.05) is 0 Å². The molecule has 0 bridgehead atoms. The minimum atomic E-state index is -0.178. The highest BCUT2D eigenvalue weighted by atomic mass is 19.1. The Kier molecular flexibility index (Phi) is 15.8. The molecule has 2 aromatic carbocycles. The van der Waals surface area contributed by atoms with Crippen molar-refractivity contribution >= 4 is 11.1 Å². The van der Waals surface area contributed by atoms with Crippen LogP contribution in [0.15, 0.2) is 48.5 Å². The van der Waals surface area contributed by atoms with Gasteiger partial charge >= 0.3 is 0 Å². The van der Waals surface area contributed by atoms with Crippen LogP contribution in [-0.2, 0) is 0 Å². The van der Waals surface area contributed by atoms with E-state index in [0.717, 1.165) is 24.3 Å². The van der Waals surface area contributed by atoms with E-state index < -0.39 is 0 Å². The Hall–Kier alpha value is -1.89. The number of rotatable bonds is 7. The summed E-state index contributed by atoms with van der Waals surface area (Å²) in [6, 6.07) is 15.3. The molecular formula is C29H45F. The summed E-state index contributed by atoms with van der Waals surface area (Å²) in [6.45, 7) is 17.4. The second kappa shape index (κ2) is 16.9. The molecular weight excluding hydrogens is 367 g/mol. The first kappa shape index (κ1) is 28.1. The molecule has 0 amide bonds. The van der Waals surface area contributed by atoms with Gasteiger partial charge in [-0.15, -0.1) is 0 Å². The summed E-state index contributed by atoms with van der Waals surface area (Å²) in [5.41, 5.74) is 6.00. The maximum Gasteiger partial charge on any atom is 0.123 e. The summed E-state index contributed by atoms with van der Waals surface area (Å²) < 4.78 is 13.4. The number of aryl methyl sites for hydroxylation is 1. The fourth-order valence-electron chi connectivity index (χ4n) is 3.28. The second-order valence-electron chi connectivity index (χ2n) is 8.19. The van der Waals surface area contributed by atoms with Crippen molar-refractivity contribution in [3.63, 3.8) is 0 Å². The standard InChI is InChI=1S/C19H21F.C7H16.C3H8/c1-4-8-19(18-12-6-5-9-14(18)2)15(3)16-10-7-11-17(20)13-16;1-4-6-7(3)5-2;1-3-2/h5-7,9-13H,4,8H2,1-3H3;7H,4-6H2,1-3H3;3H2,1-2H3/b19-15+;;. The molecule has 1 atom stereocenters. The molecule has 0 nitrogen and oxygen atoms in total. The Bertz CT molecular complexity index is 727. The Balaban J connectivity index is 0.000000706. The SMILES string of the molecule is CCC.CCC/C(=C(/C)c1cccc(F)c1)c1ccccc1C.CCCC(C)CC. The second-order valence-corrected chi connectivity index (χ2v) is 8.19. The number of hydrogen-bond acceptors (Lipinski definition) is 0. The van der Waals surface area contributed by atoms with E-state index in [9.17, 15) is 4.39 Å². The molecule has 2 rings (SSSR count). The molecule has 30 heavy (non-hydrogen) atoms. The first-order valence-electron chi connectivity index (χ1n) is 11.9. The van der Waals surface area contributed by atoms with Gasteiger partial charge in [0, 0.05) is 0 Å². The van der Waals surface area contributed by atoms with Crippen LogP contribution in [0.1, 0.15) is 104 Å². The first-order chi connectivity index (χ1) is 14.4. The van der Waals surface area contributed by atoms with Crippen LogP contribution in [0.25, 0.3) is 11.1 Å². The van der Waals surface area contributed by atoms with Gasteiger partial charge in [0.15, 0.2) is 0 Å². The van der Waals surface area contributed by atoms with Gasteiger partial charge in [0.1, 0.15) is 5.82 Å². The highest BCUT2D eigenvalue weighted by Gasteiger charge is 2.09. The zero-order valence-electron chi connectivity index (χ0n) is 20.8. The van der Waals surface area contributed by atoms with E-state index in [1.54, 1.807) is 12.1 Å². The Morgan fingerprint density at radius 3 is 2.00 bits per heavy atom. The summed E-state index contributed by atoms with van der Waals surface area (Å²) in [5, 5.41) is 0. The lowest BCUT2D eigenvalue weighted by atomic mass is 9.90. The Morgan fingerprint density at radius 1 is 0.900 bits per heavy atom. The van der Waals surface area contributed by atoms with Crippen LogP contribution >= 0.6 is 0 Å². The molecule has 0 N–H and O–H groups in total. The van der Waals surface area contributed by atoms with Crippen molar-refractivity contribution in [3.05, 3.63) is 71.0 Å². The summed E-state index contributed by atoms with van der Waals surface area (Å²) in [6.07, 6.45) is 7.42. The zero-order valence-corrected chi connectivity index (χ0v) is 20.8. The fraction of sp³-hybridized carbons (Fsp3) is 0.517. The van der Waals surface area contributed by atoms with Gasteiger partial charge in [-0.2, -0.15) is 0 Å². The smallest absolute Gasteiger partial charge is 0.123 e. The molecule has 0 aromatic heterocycles. The van der Waals surface area contributed by atoms with Gasteiger partial charge in [-0.05, 0) is 66.2 Å². The van der Waals surface area contributed by atoms with Crippen LogP contribution in [0, 0.1) is 18.7 Å². The number of benzene rings is 2. The molecule has 2 aromatic rings. The molecule has 0 radical (unpaired) electrons. The first-order valence-corrected chi connectivity index (χ1v) is 11.9. The van der Waals surface area contributed by atoms with E-state index >= 15 is 0 Å². The molecule has 0 saturated carbocycles. The lowest BCUT2D eigenvalue weighted by Crippen LogP contribution is -1.93. The lowest BCUT2D eigenvalue weighted by Gasteiger charge is -2.15. The number of allylic oxidation sites excluding steroid dienone is 2. The third-order valence-electron chi connectivity index (χ3n) is 5.16. The predicted octanol–water partition coefficient (Wildman–Crippen LogP) is 10.1. The molecule has 0 aliphatic carbocycles. The molecule has 168 valence electrons. The summed E-state index contributed by atoms with van der Waals surface area (Å²) in [4.78, 5) is 0. The van der Waals surface area contributed by atoms with Crippen molar-refractivity contribution in [2.24, 2.45) is 5.92 Å². The number of halogens is 1. The van der Waals surface area contributed by atoms with Crippen molar-refractivity contribution in [3.8, 4) is 0 Å². The van der Waals surface area contributed by atoms with Gasteiger partial charge in [-0.1, -0.05) is 110 Å². The van der Waals surface area contributed by atoms with E-state index in [4.69, 9.17) is 0 Å². The maximum absolute atomic E-state index is 13.4.